The predicted octanol–water partition coefficient (Wildman–Crippen LogP) is 5.31. The smallest absolute Gasteiger partial charge is 0.442 e. The van der Waals surface area contributed by atoms with Crippen molar-refractivity contribution < 1.29 is 50.7 Å². The maximum atomic E-state index is 14.2. The minimum Gasteiger partial charge on any atom is -0.806 e. The van der Waals surface area contributed by atoms with E-state index in [9.17, 15) is 50.7 Å². The molecule has 0 radical (unpaired) electrons. The second-order valence-corrected chi connectivity index (χ2v) is 16.2. The third-order valence-electron chi connectivity index (χ3n) is 8.03. The SMILES string of the molecule is CC1(c2cc(Br)cc(C[C@H](NC(=O)c3cc(Br)cc(C4(C(F)(F)F)N=N4)c3)C(=O)N[C@@H](Cc3ccc(C(F)(F)P(=O)([O-])[O-])c(Br)c3)C(N)=O)c2)N=N1. The first kappa shape index (κ1) is 39.7. The number of nitrogens with two attached hydrogens (primary N) is 1. The van der Waals surface area contributed by atoms with Crippen LogP contribution in [0.5, 0.6) is 0 Å². The monoisotopic (exact) mass is 939 g/mol. The zero-order valence-corrected chi connectivity index (χ0v) is 31.7. The molecule has 3 aromatic rings. The lowest BCUT2D eigenvalue weighted by Gasteiger charge is -2.38. The molecule has 4 N–H and O–H groups in total. The number of primary amides is 1. The molecule has 52 heavy (non-hydrogen) atoms. The van der Waals surface area contributed by atoms with Crippen molar-refractivity contribution in [1.29, 1.82) is 0 Å². The van der Waals surface area contributed by atoms with Gasteiger partial charge in [-0.15, -0.1) is 10.2 Å². The standard InChI is InChI=1S/C30H24Br3F5N7O6P/c1-27(42-43-27)16-4-14(5-18(31)11-16)8-23(41-25(47)15-9-17(12-19(32)10-15)28(44-45-28)30(36,37)38)26(48)40-22(24(39)46)7-13-2-3-20(21(33)6-13)29(34,35)52(49,50)51/h2-6,9-12,22-23H,7-8H2,1H3,(H2,39,46)(H,40,48)(H,41,47)(H2,49,50,51)/p-2/t22-,23-/m0/s1. The summed E-state index contributed by atoms with van der Waals surface area (Å²) in [4.78, 5) is 62.2. The van der Waals surface area contributed by atoms with Crippen molar-refractivity contribution in [3.63, 3.8) is 0 Å². The Morgan fingerprint density at radius 1 is 0.827 bits per heavy atom. The largest absolute Gasteiger partial charge is 0.806 e. The first-order chi connectivity index (χ1) is 24.0. The molecule has 0 saturated heterocycles. The Morgan fingerprint density at radius 3 is 1.96 bits per heavy atom. The molecule has 0 aromatic heterocycles. The van der Waals surface area contributed by atoms with E-state index in [1.54, 1.807) is 25.1 Å². The van der Waals surface area contributed by atoms with Gasteiger partial charge in [0.15, 0.2) is 0 Å². The number of nitrogens with one attached hydrogen (secondary N) is 2. The molecule has 276 valence electrons. The quantitative estimate of drug-likeness (QED) is 0.153. The van der Waals surface area contributed by atoms with Crippen molar-refractivity contribution in [2.75, 3.05) is 0 Å². The lowest BCUT2D eigenvalue weighted by Crippen LogP contribution is -2.54. The molecule has 0 spiro atoms. The van der Waals surface area contributed by atoms with Gasteiger partial charge in [0.25, 0.3) is 11.6 Å². The average molecular weight is 942 g/mol. The van der Waals surface area contributed by atoms with Crippen LogP contribution in [0.3, 0.4) is 0 Å². The van der Waals surface area contributed by atoms with Gasteiger partial charge in [0.2, 0.25) is 17.5 Å². The number of benzene rings is 3. The van der Waals surface area contributed by atoms with Crippen LogP contribution in [0.2, 0.25) is 0 Å². The van der Waals surface area contributed by atoms with E-state index < -0.39 is 82.6 Å². The summed E-state index contributed by atoms with van der Waals surface area (Å²) < 4.78 is 81.0. The van der Waals surface area contributed by atoms with Crippen molar-refractivity contribution in [1.82, 2.24) is 10.6 Å². The number of alkyl halides is 5. The second-order valence-electron chi connectivity index (χ2n) is 11.9. The third-order valence-corrected chi connectivity index (χ3v) is 10.5. The summed E-state index contributed by atoms with van der Waals surface area (Å²) in [7, 11) is -6.40. The van der Waals surface area contributed by atoms with E-state index in [-0.39, 0.29) is 22.0 Å². The summed E-state index contributed by atoms with van der Waals surface area (Å²) >= 11 is 9.28. The van der Waals surface area contributed by atoms with E-state index in [2.05, 4.69) is 78.9 Å². The van der Waals surface area contributed by atoms with E-state index in [1.807, 2.05) is 0 Å². The van der Waals surface area contributed by atoms with E-state index >= 15 is 0 Å². The number of carbonyl (C=O) groups is 3. The summed E-state index contributed by atoms with van der Waals surface area (Å²) in [6.45, 7) is 1.73. The van der Waals surface area contributed by atoms with Gasteiger partial charge >= 0.3 is 11.8 Å². The maximum absolute atomic E-state index is 14.2. The zero-order valence-electron chi connectivity index (χ0n) is 26.1. The van der Waals surface area contributed by atoms with E-state index in [0.717, 1.165) is 24.3 Å². The van der Waals surface area contributed by atoms with Crippen LogP contribution in [0.15, 0.2) is 88.5 Å². The highest BCUT2D eigenvalue weighted by molar-refractivity contribution is 9.11. The van der Waals surface area contributed by atoms with Crippen molar-refractivity contribution in [3.8, 4) is 0 Å². The molecule has 22 heteroatoms. The first-order valence-electron chi connectivity index (χ1n) is 14.6. The maximum Gasteiger partial charge on any atom is 0.442 e. The summed E-state index contributed by atoms with van der Waals surface area (Å²) in [6.07, 6.45) is -5.54. The van der Waals surface area contributed by atoms with Gasteiger partial charge in [0.05, 0.1) is 0 Å². The van der Waals surface area contributed by atoms with Gasteiger partial charge in [-0.3, -0.25) is 14.4 Å². The Balaban J connectivity index is 1.43. The highest BCUT2D eigenvalue weighted by atomic mass is 79.9. The van der Waals surface area contributed by atoms with Gasteiger partial charge in [-0.25, -0.2) is 0 Å². The average Bonchev–Trinajstić information content (AvgIpc) is 3.95. The fourth-order valence-corrected chi connectivity index (χ4v) is 7.44. The number of rotatable bonds is 13. The Hall–Kier alpha value is -3.49. The fraction of sp³-hybridized carbons (Fsp3) is 0.300. The van der Waals surface area contributed by atoms with Crippen molar-refractivity contribution in [2.45, 2.75) is 55.0 Å². The highest BCUT2D eigenvalue weighted by Crippen LogP contribution is 2.55. The molecule has 0 fully saturated rings. The van der Waals surface area contributed by atoms with E-state index in [0.29, 0.717) is 21.7 Å². The van der Waals surface area contributed by atoms with Gasteiger partial charge in [-0.05, 0) is 54.4 Å². The van der Waals surface area contributed by atoms with Crippen LogP contribution in [0.1, 0.15) is 45.1 Å². The summed E-state index contributed by atoms with van der Waals surface area (Å²) in [6, 6.07) is 7.90. The normalized spacial score (nSPS) is 16.9. The topological polar surface area (TPSA) is 214 Å². The van der Waals surface area contributed by atoms with Crippen LogP contribution < -0.4 is 26.2 Å². The second kappa shape index (κ2) is 14.1. The minimum absolute atomic E-state index is 0.0796. The lowest BCUT2D eigenvalue weighted by molar-refractivity contribution is -0.335. The molecule has 0 unspecified atom stereocenters. The molecule has 2 atom stereocenters. The lowest BCUT2D eigenvalue weighted by atomic mass is 9.97. The molecule has 3 aromatic carbocycles. The third kappa shape index (κ3) is 8.33. The Labute approximate surface area is 315 Å². The number of hydrogen-bond donors (Lipinski definition) is 3. The molecule has 3 amide bonds. The minimum atomic E-state index is -6.40. The van der Waals surface area contributed by atoms with Crippen molar-refractivity contribution in [3.05, 3.63) is 101 Å². The Kier molecular flexibility index (Phi) is 10.7. The van der Waals surface area contributed by atoms with Crippen LogP contribution in [-0.4, -0.2) is 36.0 Å². The Bertz CT molecular complexity index is 2090. The summed E-state index contributed by atoms with van der Waals surface area (Å²) in [5.74, 6) is -3.05. The molecule has 0 aliphatic carbocycles. The molecule has 0 bridgehead atoms. The van der Waals surface area contributed by atoms with Gasteiger partial charge in [0.1, 0.15) is 12.1 Å². The molecule has 2 aliphatic heterocycles. The van der Waals surface area contributed by atoms with Crippen LogP contribution in [0.4, 0.5) is 22.0 Å². The number of amides is 3. The van der Waals surface area contributed by atoms with Crippen LogP contribution in [0, 0.1) is 0 Å². The van der Waals surface area contributed by atoms with Crippen molar-refractivity contribution in [2.24, 2.45) is 26.2 Å². The predicted molar refractivity (Wildman–Crippen MR) is 179 cm³/mol. The van der Waals surface area contributed by atoms with Crippen LogP contribution in [0.25, 0.3) is 0 Å². The van der Waals surface area contributed by atoms with Crippen LogP contribution >= 0.6 is 55.4 Å². The number of halogens is 8. The summed E-state index contributed by atoms with van der Waals surface area (Å²) in [5.41, 5.74) is -3.62. The van der Waals surface area contributed by atoms with Crippen LogP contribution in [-0.2, 0) is 44.0 Å². The van der Waals surface area contributed by atoms with Crippen molar-refractivity contribution >= 4 is 73.1 Å². The number of carbonyl (C=O) groups excluding carboxylic acids is 3. The highest BCUT2D eigenvalue weighted by Gasteiger charge is 2.65. The number of hydrogen-bond acceptors (Lipinski definition) is 10. The summed E-state index contributed by atoms with van der Waals surface area (Å²) in [5, 5.41) is 19.2. The molecule has 5 rings (SSSR count). The van der Waals surface area contributed by atoms with Gasteiger partial charge < -0.3 is 30.7 Å². The molecular weight excluding hydrogens is 920 g/mol. The zero-order chi connectivity index (χ0) is 38.6. The fourth-order valence-electron chi connectivity index (χ4n) is 5.09. The molecule has 13 nitrogen and oxygen atoms in total. The van der Waals surface area contributed by atoms with E-state index in [4.69, 9.17) is 5.73 Å². The molecule has 2 heterocycles. The Morgan fingerprint density at radius 2 is 1.42 bits per heavy atom. The molecule has 0 saturated carbocycles. The molecular formula is C30H22Br3F5N7O6P-2. The van der Waals surface area contributed by atoms with Gasteiger partial charge in [-0.2, -0.15) is 32.2 Å². The first-order valence-corrected chi connectivity index (χ1v) is 18.5. The van der Waals surface area contributed by atoms with E-state index in [1.165, 1.54) is 6.07 Å². The van der Waals surface area contributed by atoms with Gasteiger partial charge in [-0.1, -0.05) is 66.0 Å². The number of nitrogens with zero attached hydrogens (tertiary/aromatic N) is 4. The molecule has 2 aliphatic rings. The van der Waals surface area contributed by atoms with Gasteiger partial charge in [0, 0.05) is 56.1 Å².